The number of aromatic nitrogens is 1. The Bertz CT molecular complexity index is 1750. The van der Waals surface area contributed by atoms with E-state index in [0.717, 1.165) is 4.47 Å². The lowest BCUT2D eigenvalue weighted by Crippen LogP contribution is -2.19. The SMILES string of the molecule is O=C(Oc1ccc(Br)cc1C=NNC(=O)c1[nH]c2c(Cl)cc(Cl)cc2c1-c1ccccc1Cl)c1ccccc1. The molecule has 0 aliphatic heterocycles. The summed E-state index contributed by atoms with van der Waals surface area (Å²) in [5.74, 6) is -0.786. The third kappa shape index (κ3) is 5.87. The minimum atomic E-state index is -0.539. The second-order valence-electron chi connectivity index (χ2n) is 8.30. The summed E-state index contributed by atoms with van der Waals surface area (Å²) in [7, 11) is 0. The van der Waals surface area contributed by atoms with Crippen molar-refractivity contribution >= 4 is 79.7 Å². The molecule has 39 heavy (non-hydrogen) atoms. The fraction of sp³-hybridized carbons (Fsp3) is 0. The van der Waals surface area contributed by atoms with Crippen molar-refractivity contribution in [1.29, 1.82) is 0 Å². The molecule has 0 aliphatic carbocycles. The number of nitrogens with one attached hydrogen (secondary N) is 2. The Morgan fingerprint density at radius 3 is 2.41 bits per heavy atom. The number of rotatable bonds is 6. The van der Waals surface area contributed by atoms with E-state index in [-0.39, 0.29) is 11.4 Å². The van der Waals surface area contributed by atoms with E-state index in [2.05, 4.69) is 31.4 Å². The lowest BCUT2D eigenvalue weighted by Gasteiger charge is -2.08. The van der Waals surface area contributed by atoms with Crippen molar-refractivity contribution in [1.82, 2.24) is 10.4 Å². The maximum atomic E-state index is 13.4. The molecule has 0 unspecified atom stereocenters. The molecular formula is C29H17BrCl3N3O3. The van der Waals surface area contributed by atoms with Crippen LogP contribution < -0.4 is 10.2 Å². The number of nitrogens with zero attached hydrogens (tertiary/aromatic N) is 1. The van der Waals surface area contributed by atoms with Gasteiger partial charge in [-0.3, -0.25) is 4.79 Å². The molecule has 2 N–H and O–H groups in total. The van der Waals surface area contributed by atoms with Crippen LogP contribution in [0.1, 0.15) is 26.4 Å². The number of ether oxygens (including phenoxy) is 1. The quantitative estimate of drug-likeness (QED) is 0.0844. The minimum Gasteiger partial charge on any atom is -0.422 e. The third-order valence-electron chi connectivity index (χ3n) is 5.75. The van der Waals surface area contributed by atoms with Gasteiger partial charge in [0, 0.05) is 36.6 Å². The summed E-state index contributed by atoms with van der Waals surface area (Å²) in [6, 6.07) is 24.1. The highest BCUT2D eigenvalue weighted by Crippen LogP contribution is 2.40. The van der Waals surface area contributed by atoms with Crippen LogP contribution in [0.25, 0.3) is 22.0 Å². The van der Waals surface area contributed by atoms with Crippen LogP contribution in [0.4, 0.5) is 0 Å². The molecule has 5 rings (SSSR count). The first-order chi connectivity index (χ1) is 18.8. The van der Waals surface area contributed by atoms with Crippen molar-refractivity contribution in [2.45, 2.75) is 0 Å². The lowest BCUT2D eigenvalue weighted by molar-refractivity contribution is 0.0734. The summed E-state index contributed by atoms with van der Waals surface area (Å²) in [4.78, 5) is 29.0. The highest BCUT2D eigenvalue weighted by Gasteiger charge is 2.22. The number of H-pyrrole nitrogens is 1. The van der Waals surface area contributed by atoms with Crippen LogP contribution in [-0.4, -0.2) is 23.1 Å². The molecule has 0 aliphatic rings. The number of amides is 1. The number of hydrogen-bond acceptors (Lipinski definition) is 4. The number of fused-ring (bicyclic) bond motifs is 1. The van der Waals surface area contributed by atoms with Crippen molar-refractivity contribution in [2.75, 3.05) is 0 Å². The number of esters is 1. The van der Waals surface area contributed by atoms with Gasteiger partial charge in [0.1, 0.15) is 11.4 Å². The molecule has 1 heterocycles. The summed E-state index contributed by atoms with van der Waals surface area (Å²) in [6.45, 7) is 0. The first-order valence-electron chi connectivity index (χ1n) is 11.5. The number of benzene rings is 4. The maximum absolute atomic E-state index is 13.4. The van der Waals surface area contributed by atoms with E-state index in [1.807, 2.05) is 12.1 Å². The Morgan fingerprint density at radius 2 is 1.64 bits per heavy atom. The van der Waals surface area contributed by atoms with Gasteiger partial charge in [-0.1, -0.05) is 87.1 Å². The molecule has 0 bridgehead atoms. The Morgan fingerprint density at radius 1 is 0.897 bits per heavy atom. The van der Waals surface area contributed by atoms with Crippen molar-refractivity contribution in [3.63, 3.8) is 0 Å². The Balaban J connectivity index is 1.46. The van der Waals surface area contributed by atoms with E-state index in [1.54, 1.807) is 72.8 Å². The van der Waals surface area contributed by atoms with Crippen LogP contribution in [0.15, 0.2) is 94.5 Å². The highest BCUT2D eigenvalue weighted by molar-refractivity contribution is 9.10. The van der Waals surface area contributed by atoms with Crippen LogP contribution >= 0.6 is 50.7 Å². The van der Waals surface area contributed by atoms with E-state index in [0.29, 0.717) is 48.2 Å². The zero-order chi connectivity index (χ0) is 27.5. The van der Waals surface area contributed by atoms with E-state index < -0.39 is 11.9 Å². The van der Waals surface area contributed by atoms with Gasteiger partial charge in [0.05, 0.1) is 22.3 Å². The largest absolute Gasteiger partial charge is 0.422 e. The van der Waals surface area contributed by atoms with Crippen LogP contribution in [0, 0.1) is 0 Å². The molecule has 6 nitrogen and oxygen atoms in total. The predicted molar refractivity (Wildman–Crippen MR) is 159 cm³/mol. The first kappa shape index (κ1) is 27.0. The summed E-state index contributed by atoms with van der Waals surface area (Å²) in [6.07, 6.45) is 1.39. The number of aromatic amines is 1. The fourth-order valence-electron chi connectivity index (χ4n) is 4.00. The normalized spacial score (nSPS) is 11.2. The molecule has 4 aromatic carbocycles. The van der Waals surface area contributed by atoms with Gasteiger partial charge in [-0.05, 0) is 48.5 Å². The molecule has 0 radical (unpaired) electrons. The number of halogens is 4. The van der Waals surface area contributed by atoms with Gasteiger partial charge in [0.2, 0.25) is 0 Å². The molecule has 0 spiro atoms. The Kier molecular flexibility index (Phi) is 8.04. The number of carbonyl (C=O) groups excluding carboxylic acids is 2. The van der Waals surface area contributed by atoms with E-state index in [1.165, 1.54) is 6.21 Å². The summed E-state index contributed by atoms with van der Waals surface area (Å²) >= 11 is 22.6. The Labute approximate surface area is 246 Å². The van der Waals surface area contributed by atoms with Crippen LogP contribution in [0.3, 0.4) is 0 Å². The van der Waals surface area contributed by atoms with Gasteiger partial charge in [-0.25, -0.2) is 10.2 Å². The van der Waals surface area contributed by atoms with Crippen molar-refractivity contribution in [2.24, 2.45) is 5.10 Å². The standard InChI is InChI=1S/C29H17BrCl3N3O3/c30-18-10-11-24(39-29(38)16-6-2-1-3-7-16)17(12-18)15-34-36-28(37)27-25(20-8-4-5-9-22(20)32)21-13-19(31)14-23(33)26(21)35-27/h1-15,35H,(H,36,37). The van der Waals surface area contributed by atoms with Crippen molar-refractivity contribution in [3.8, 4) is 16.9 Å². The fourth-order valence-corrected chi connectivity index (χ4v) is 5.15. The van der Waals surface area contributed by atoms with Crippen LogP contribution in [0.5, 0.6) is 5.75 Å². The average Bonchev–Trinajstić information content (AvgIpc) is 3.30. The zero-order valence-electron chi connectivity index (χ0n) is 19.8. The second-order valence-corrected chi connectivity index (χ2v) is 10.5. The maximum Gasteiger partial charge on any atom is 0.343 e. The monoisotopic (exact) mass is 639 g/mol. The van der Waals surface area contributed by atoms with Gasteiger partial charge in [-0.15, -0.1) is 0 Å². The van der Waals surface area contributed by atoms with Gasteiger partial charge < -0.3 is 9.72 Å². The highest BCUT2D eigenvalue weighted by atomic mass is 79.9. The topological polar surface area (TPSA) is 83.5 Å². The van der Waals surface area contributed by atoms with Crippen LogP contribution in [0.2, 0.25) is 15.1 Å². The Hall–Kier alpha value is -3.62. The summed E-state index contributed by atoms with van der Waals surface area (Å²) in [5, 5.41) is 5.97. The molecule has 0 fully saturated rings. The lowest BCUT2D eigenvalue weighted by atomic mass is 10.0. The van der Waals surface area contributed by atoms with Gasteiger partial charge in [-0.2, -0.15) is 5.10 Å². The summed E-state index contributed by atoms with van der Waals surface area (Å²) in [5.41, 5.74) is 5.29. The van der Waals surface area contributed by atoms with Crippen molar-refractivity contribution in [3.05, 3.63) is 121 Å². The molecule has 5 aromatic rings. The predicted octanol–water partition coefficient (Wildman–Crippen LogP) is 8.54. The summed E-state index contributed by atoms with van der Waals surface area (Å²) < 4.78 is 6.31. The molecule has 10 heteroatoms. The van der Waals surface area contributed by atoms with Crippen molar-refractivity contribution < 1.29 is 14.3 Å². The number of hydrazone groups is 1. The molecule has 0 saturated heterocycles. The molecule has 1 aromatic heterocycles. The first-order valence-corrected chi connectivity index (χ1v) is 13.4. The number of hydrogen-bond donors (Lipinski definition) is 2. The smallest absolute Gasteiger partial charge is 0.343 e. The second kappa shape index (κ2) is 11.6. The molecule has 194 valence electrons. The zero-order valence-corrected chi connectivity index (χ0v) is 23.7. The van der Waals surface area contributed by atoms with E-state index in [4.69, 9.17) is 39.5 Å². The molecule has 0 saturated carbocycles. The van der Waals surface area contributed by atoms with E-state index >= 15 is 0 Å². The van der Waals surface area contributed by atoms with Crippen LogP contribution in [-0.2, 0) is 0 Å². The molecule has 0 atom stereocenters. The van der Waals surface area contributed by atoms with Gasteiger partial charge in [0.25, 0.3) is 5.91 Å². The minimum absolute atomic E-state index is 0.199. The average molecular weight is 642 g/mol. The van der Waals surface area contributed by atoms with Gasteiger partial charge in [0.15, 0.2) is 0 Å². The number of carbonyl (C=O) groups is 2. The van der Waals surface area contributed by atoms with Gasteiger partial charge >= 0.3 is 5.97 Å². The van der Waals surface area contributed by atoms with E-state index in [9.17, 15) is 9.59 Å². The third-order valence-corrected chi connectivity index (χ3v) is 7.09. The molecule has 1 amide bonds. The molecular weight excluding hydrogens is 625 g/mol.